The first-order chi connectivity index (χ1) is 20.4. The van der Waals surface area contributed by atoms with Gasteiger partial charge in [0.2, 0.25) is 0 Å². The molecular weight excluding hydrogens is 551 g/mol. The molecule has 0 unspecified atom stereocenters. The number of carboxylic acids is 1. The molecule has 2 N–H and O–H groups in total. The minimum atomic E-state index is -1.09. The first-order valence-electron chi connectivity index (χ1n) is 14.6. The monoisotopic (exact) mass is 592 g/mol. The molecule has 0 aliphatic carbocycles. The van der Waals surface area contributed by atoms with E-state index in [0.29, 0.717) is 42.7 Å². The molecule has 9 nitrogen and oxygen atoms in total. The summed E-state index contributed by atoms with van der Waals surface area (Å²) in [6.07, 6.45) is 6.90. The Labute approximate surface area is 252 Å². The number of amides is 1. The number of carbonyl (C=O) groups excluding carboxylic acids is 1. The van der Waals surface area contributed by atoms with Crippen molar-refractivity contribution < 1.29 is 28.6 Å². The van der Waals surface area contributed by atoms with Gasteiger partial charge in [0.15, 0.2) is 0 Å². The SMILES string of the molecule is CC/C=C/C(=C(/C)C1=C(C)OCCN1C(=O)OC(C)(C)C)N1CCc2cnc(Nc3ccc(CC(=O)O)c(F)c3)cc2C1. The molecule has 230 valence electrons. The second-order valence-corrected chi connectivity index (χ2v) is 11.7. The predicted molar refractivity (Wildman–Crippen MR) is 163 cm³/mol. The van der Waals surface area contributed by atoms with Gasteiger partial charge in [-0.15, -0.1) is 0 Å². The van der Waals surface area contributed by atoms with E-state index in [9.17, 15) is 14.0 Å². The van der Waals surface area contributed by atoms with Gasteiger partial charge in [0.05, 0.1) is 18.7 Å². The summed E-state index contributed by atoms with van der Waals surface area (Å²) in [6.45, 7) is 13.7. The summed E-state index contributed by atoms with van der Waals surface area (Å²) in [7, 11) is 0. The Balaban J connectivity index is 1.63. The third kappa shape index (κ3) is 7.94. The Morgan fingerprint density at radius 2 is 1.98 bits per heavy atom. The summed E-state index contributed by atoms with van der Waals surface area (Å²) < 4.78 is 26.1. The molecule has 1 amide bonds. The molecule has 2 aliphatic heterocycles. The minimum Gasteiger partial charge on any atom is -0.494 e. The number of allylic oxidation sites excluding steroid dienone is 4. The predicted octanol–water partition coefficient (Wildman–Crippen LogP) is 6.69. The highest BCUT2D eigenvalue weighted by molar-refractivity contribution is 5.73. The summed E-state index contributed by atoms with van der Waals surface area (Å²) in [4.78, 5) is 32.7. The average molecular weight is 593 g/mol. The van der Waals surface area contributed by atoms with Gasteiger partial charge in [0, 0.05) is 30.7 Å². The zero-order valence-corrected chi connectivity index (χ0v) is 25.8. The fourth-order valence-corrected chi connectivity index (χ4v) is 5.24. The standard InChI is InChI=1S/C33H41FN4O5/c1-7-8-9-28(21(2)31-22(3)42-15-14-38(31)32(41)43-33(4,5)6)37-13-12-24-19-35-29(16-25(24)20-37)36-26-11-10-23(17-30(39)40)27(34)18-26/h8-11,16,18-19H,7,12-15,17,20H2,1-6H3,(H,35,36)(H,39,40)/b9-8+,28-21+. The van der Waals surface area contributed by atoms with Crippen molar-refractivity contribution in [3.63, 3.8) is 0 Å². The molecule has 0 spiro atoms. The Bertz CT molecular complexity index is 1470. The maximum Gasteiger partial charge on any atom is 0.415 e. The van der Waals surface area contributed by atoms with Gasteiger partial charge in [-0.25, -0.2) is 14.2 Å². The number of carboxylic acid groups (broad SMARTS) is 1. The van der Waals surface area contributed by atoms with Crippen molar-refractivity contribution in [3.8, 4) is 0 Å². The van der Waals surface area contributed by atoms with E-state index in [4.69, 9.17) is 14.6 Å². The van der Waals surface area contributed by atoms with Gasteiger partial charge in [-0.3, -0.25) is 9.69 Å². The lowest BCUT2D eigenvalue weighted by molar-refractivity contribution is -0.136. The molecule has 0 atom stereocenters. The maximum atomic E-state index is 14.5. The average Bonchev–Trinajstić information content (AvgIpc) is 2.93. The van der Waals surface area contributed by atoms with Crippen LogP contribution in [0.5, 0.6) is 0 Å². The largest absolute Gasteiger partial charge is 0.494 e. The van der Waals surface area contributed by atoms with Crippen LogP contribution in [0.1, 0.15) is 64.7 Å². The lowest BCUT2D eigenvalue weighted by Gasteiger charge is -2.37. The van der Waals surface area contributed by atoms with Gasteiger partial charge in [-0.05, 0) is 94.0 Å². The second-order valence-electron chi connectivity index (χ2n) is 11.7. The lowest BCUT2D eigenvalue weighted by Crippen LogP contribution is -2.42. The van der Waals surface area contributed by atoms with Crippen molar-refractivity contribution in [3.05, 3.63) is 87.8 Å². The van der Waals surface area contributed by atoms with Gasteiger partial charge in [-0.2, -0.15) is 0 Å². The molecule has 0 saturated heterocycles. The van der Waals surface area contributed by atoms with Crippen LogP contribution < -0.4 is 5.32 Å². The van der Waals surface area contributed by atoms with Gasteiger partial charge in [0.1, 0.15) is 29.6 Å². The molecule has 0 radical (unpaired) electrons. The quantitative estimate of drug-likeness (QED) is 0.327. The van der Waals surface area contributed by atoms with Crippen LogP contribution in [0.15, 0.2) is 65.3 Å². The molecule has 2 aromatic rings. The number of halogens is 1. The molecule has 0 fully saturated rings. The number of hydrogen-bond acceptors (Lipinski definition) is 7. The zero-order chi connectivity index (χ0) is 31.3. The van der Waals surface area contributed by atoms with E-state index in [1.54, 1.807) is 11.0 Å². The number of fused-ring (bicyclic) bond motifs is 1. The van der Waals surface area contributed by atoms with Crippen LogP contribution in [0.3, 0.4) is 0 Å². The zero-order valence-electron chi connectivity index (χ0n) is 25.8. The Morgan fingerprint density at radius 3 is 2.65 bits per heavy atom. The highest BCUT2D eigenvalue weighted by Crippen LogP contribution is 2.32. The second kappa shape index (κ2) is 13.3. The number of nitrogens with zero attached hydrogens (tertiary/aromatic N) is 3. The fraction of sp³-hybridized carbons (Fsp3) is 0.424. The van der Waals surface area contributed by atoms with Crippen molar-refractivity contribution in [1.82, 2.24) is 14.8 Å². The van der Waals surface area contributed by atoms with Gasteiger partial charge in [0.25, 0.3) is 0 Å². The van der Waals surface area contributed by atoms with Crippen molar-refractivity contribution in [2.45, 2.75) is 73.0 Å². The summed E-state index contributed by atoms with van der Waals surface area (Å²) in [5.74, 6) is -0.432. The minimum absolute atomic E-state index is 0.126. The molecule has 3 heterocycles. The first-order valence-corrected chi connectivity index (χ1v) is 14.6. The van der Waals surface area contributed by atoms with E-state index in [-0.39, 0.29) is 12.0 Å². The molecule has 1 aromatic carbocycles. The maximum absolute atomic E-state index is 14.5. The van der Waals surface area contributed by atoms with Crippen molar-refractivity contribution in [2.24, 2.45) is 0 Å². The van der Waals surface area contributed by atoms with E-state index < -0.39 is 23.5 Å². The first kappa shape index (κ1) is 31.6. The van der Waals surface area contributed by atoms with Gasteiger partial charge < -0.3 is 24.8 Å². The summed E-state index contributed by atoms with van der Waals surface area (Å²) >= 11 is 0. The number of carbonyl (C=O) groups is 2. The number of aromatic nitrogens is 1. The van der Waals surface area contributed by atoms with Crippen molar-refractivity contribution >= 4 is 23.6 Å². The number of aliphatic carboxylic acids is 1. The number of benzene rings is 1. The van der Waals surface area contributed by atoms with E-state index in [0.717, 1.165) is 41.8 Å². The molecule has 0 bridgehead atoms. The van der Waals surface area contributed by atoms with E-state index >= 15 is 0 Å². The molecule has 10 heteroatoms. The van der Waals surface area contributed by atoms with E-state index in [1.807, 2.05) is 46.9 Å². The van der Waals surface area contributed by atoms with Crippen LogP contribution in [-0.4, -0.2) is 57.3 Å². The fourth-order valence-electron chi connectivity index (χ4n) is 5.24. The lowest BCUT2D eigenvalue weighted by atomic mass is 9.99. The van der Waals surface area contributed by atoms with Gasteiger partial charge >= 0.3 is 12.1 Å². The Kier molecular flexibility index (Phi) is 9.78. The number of ether oxygens (including phenoxy) is 2. The molecule has 1 aromatic heterocycles. The van der Waals surface area contributed by atoms with Crippen LogP contribution in [0, 0.1) is 5.82 Å². The number of anilines is 2. The third-order valence-electron chi connectivity index (χ3n) is 7.20. The Hall–Kier alpha value is -4.34. The van der Waals surface area contributed by atoms with Crippen LogP contribution in [-0.2, 0) is 33.7 Å². The topological polar surface area (TPSA) is 104 Å². The number of rotatable bonds is 8. The number of nitrogens with one attached hydrogen (secondary N) is 1. The smallest absolute Gasteiger partial charge is 0.415 e. The number of pyridine rings is 1. The van der Waals surface area contributed by atoms with Crippen LogP contribution >= 0.6 is 0 Å². The highest BCUT2D eigenvalue weighted by atomic mass is 19.1. The normalized spacial score (nSPS) is 16.1. The molecule has 4 rings (SSSR count). The van der Waals surface area contributed by atoms with Crippen LogP contribution in [0.25, 0.3) is 0 Å². The summed E-state index contributed by atoms with van der Waals surface area (Å²) in [6, 6.07) is 6.36. The molecular formula is C33H41FN4O5. The van der Waals surface area contributed by atoms with Crippen LogP contribution in [0.2, 0.25) is 0 Å². The molecule has 43 heavy (non-hydrogen) atoms. The van der Waals surface area contributed by atoms with E-state index in [1.165, 1.54) is 12.1 Å². The van der Waals surface area contributed by atoms with Crippen molar-refractivity contribution in [2.75, 3.05) is 25.0 Å². The highest BCUT2D eigenvalue weighted by Gasteiger charge is 2.32. The van der Waals surface area contributed by atoms with Crippen LogP contribution in [0.4, 0.5) is 20.7 Å². The molecule has 0 saturated carbocycles. The Morgan fingerprint density at radius 1 is 1.21 bits per heavy atom. The van der Waals surface area contributed by atoms with E-state index in [2.05, 4.69) is 34.3 Å². The molecule has 2 aliphatic rings. The van der Waals surface area contributed by atoms with Crippen molar-refractivity contribution in [1.29, 1.82) is 0 Å². The number of hydrogen-bond donors (Lipinski definition) is 2. The van der Waals surface area contributed by atoms with Gasteiger partial charge in [-0.1, -0.05) is 19.1 Å². The summed E-state index contributed by atoms with van der Waals surface area (Å²) in [5, 5.41) is 12.1. The third-order valence-corrected chi connectivity index (χ3v) is 7.20. The summed E-state index contributed by atoms with van der Waals surface area (Å²) in [5.41, 5.74) is 4.82.